The van der Waals surface area contributed by atoms with Gasteiger partial charge >= 0.3 is 0 Å². The van der Waals surface area contributed by atoms with Crippen molar-refractivity contribution >= 4 is 17.1 Å². The van der Waals surface area contributed by atoms with Crippen molar-refractivity contribution in [1.29, 1.82) is 0 Å². The zero-order valence-corrected chi connectivity index (χ0v) is 11.1. The van der Waals surface area contributed by atoms with E-state index in [0.717, 1.165) is 6.42 Å². The third-order valence-corrected chi connectivity index (χ3v) is 3.19. The van der Waals surface area contributed by atoms with Crippen LogP contribution in [0.25, 0.3) is 0 Å². The van der Waals surface area contributed by atoms with E-state index in [0.29, 0.717) is 17.8 Å². The molecule has 7 nitrogen and oxygen atoms in total. The van der Waals surface area contributed by atoms with Gasteiger partial charge in [-0.25, -0.2) is 0 Å². The summed E-state index contributed by atoms with van der Waals surface area (Å²) in [5, 5.41) is 23.1. The lowest BCUT2D eigenvalue weighted by molar-refractivity contribution is -0.384. The number of hydrazine groups is 1. The minimum Gasteiger partial charge on any atom is -0.396 e. The molecule has 106 valence electrons. The van der Waals surface area contributed by atoms with Crippen LogP contribution < -0.4 is 16.6 Å². The van der Waals surface area contributed by atoms with Crippen LogP contribution in [-0.4, -0.2) is 22.2 Å². The maximum absolute atomic E-state index is 10.9. The van der Waals surface area contributed by atoms with Gasteiger partial charge < -0.3 is 15.8 Å². The number of nitrogens with one attached hydrogen (secondary N) is 2. The first-order chi connectivity index (χ1) is 8.94. The molecule has 0 aliphatic rings. The van der Waals surface area contributed by atoms with E-state index in [2.05, 4.69) is 10.7 Å². The predicted octanol–water partition coefficient (Wildman–Crippen LogP) is 1.84. The largest absolute Gasteiger partial charge is 0.396 e. The first-order valence-electron chi connectivity index (χ1n) is 6.09. The smallest absolute Gasteiger partial charge is 0.273 e. The molecule has 5 N–H and O–H groups in total. The third kappa shape index (κ3) is 4.08. The first-order valence-corrected chi connectivity index (χ1v) is 6.09. The minimum absolute atomic E-state index is 0.0413. The van der Waals surface area contributed by atoms with Gasteiger partial charge in [0.25, 0.3) is 5.69 Å². The molecule has 0 fully saturated rings. The monoisotopic (exact) mass is 268 g/mol. The van der Waals surface area contributed by atoms with Crippen molar-refractivity contribution in [3.05, 3.63) is 28.3 Å². The van der Waals surface area contributed by atoms with Gasteiger partial charge in [-0.15, -0.1) is 0 Å². The van der Waals surface area contributed by atoms with Gasteiger partial charge in [-0.2, -0.15) is 0 Å². The van der Waals surface area contributed by atoms with E-state index in [4.69, 9.17) is 10.9 Å². The van der Waals surface area contributed by atoms with E-state index in [1.165, 1.54) is 12.1 Å². The molecular formula is C12H20N4O3. The van der Waals surface area contributed by atoms with Crippen LogP contribution in [0.2, 0.25) is 0 Å². The number of benzene rings is 1. The molecule has 1 unspecified atom stereocenters. The Kier molecular flexibility index (Phi) is 5.08. The molecule has 1 aromatic carbocycles. The van der Waals surface area contributed by atoms with Crippen molar-refractivity contribution in [3.63, 3.8) is 0 Å². The summed E-state index contributed by atoms with van der Waals surface area (Å²) in [6, 6.07) is 4.50. The lowest BCUT2D eigenvalue weighted by Gasteiger charge is -2.30. The van der Waals surface area contributed by atoms with Crippen molar-refractivity contribution in [2.75, 3.05) is 17.3 Å². The summed E-state index contributed by atoms with van der Waals surface area (Å²) in [5.41, 5.74) is 3.09. The number of nitrogen functional groups attached to an aromatic ring is 1. The summed E-state index contributed by atoms with van der Waals surface area (Å²) >= 11 is 0. The van der Waals surface area contributed by atoms with E-state index in [9.17, 15) is 10.1 Å². The summed E-state index contributed by atoms with van der Waals surface area (Å²) in [7, 11) is 0. The van der Waals surface area contributed by atoms with Gasteiger partial charge in [0.1, 0.15) is 0 Å². The number of nitro groups is 1. The topological polar surface area (TPSA) is 113 Å². The zero-order valence-electron chi connectivity index (χ0n) is 11.1. The molecule has 7 heteroatoms. The second-order valence-electron chi connectivity index (χ2n) is 4.68. The number of nitrogens with two attached hydrogens (primary N) is 1. The van der Waals surface area contributed by atoms with Gasteiger partial charge in [0.05, 0.1) is 10.6 Å². The number of aliphatic hydroxyl groups is 1. The van der Waals surface area contributed by atoms with Crippen LogP contribution in [0.15, 0.2) is 18.2 Å². The van der Waals surface area contributed by atoms with Gasteiger partial charge in [0, 0.05) is 30.0 Å². The van der Waals surface area contributed by atoms with Crippen molar-refractivity contribution < 1.29 is 10.0 Å². The second kappa shape index (κ2) is 6.35. The maximum Gasteiger partial charge on any atom is 0.273 e. The molecule has 0 bridgehead atoms. The van der Waals surface area contributed by atoms with Crippen LogP contribution >= 0.6 is 0 Å². The molecule has 0 aromatic heterocycles. The normalized spacial score (nSPS) is 13.7. The zero-order chi connectivity index (χ0) is 14.5. The van der Waals surface area contributed by atoms with Crippen LogP contribution in [0.4, 0.5) is 17.1 Å². The first kappa shape index (κ1) is 15.2. The highest BCUT2D eigenvalue weighted by atomic mass is 16.6. The van der Waals surface area contributed by atoms with Gasteiger partial charge in [-0.1, -0.05) is 6.92 Å². The molecule has 0 saturated carbocycles. The molecule has 19 heavy (non-hydrogen) atoms. The van der Waals surface area contributed by atoms with E-state index in [-0.39, 0.29) is 17.8 Å². The Labute approximate surface area is 111 Å². The minimum atomic E-state index is -0.471. The van der Waals surface area contributed by atoms with E-state index >= 15 is 0 Å². The summed E-state index contributed by atoms with van der Waals surface area (Å²) in [5.74, 6) is 5.30. The number of anilines is 2. The van der Waals surface area contributed by atoms with Crippen molar-refractivity contribution in [1.82, 2.24) is 0 Å². The second-order valence-corrected chi connectivity index (χ2v) is 4.68. The van der Waals surface area contributed by atoms with E-state index in [1.54, 1.807) is 6.07 Å². The number of nitrogens with zero attached hydrogens (tertiary/aromatic N) is 1. The summed E-state index contributed by atoms with van der Waals surface area (Å²) in [4.78, 5) is 10.4. The molecule has 1 rings (SSSR count). The lowest BCUT2D eigenvalue weighted by Crippen LogP contribution is -2.35. The highest BCUT2D eigenvalue weighted by molar-refractivity contribution is 5.63. The number of hydrogen-bond donors (Lipinski definition) is 4. The molecular weight excluding hydrogens is 248 g/mol. The lowest BCUT2D eigenvalue weighted by atomic mass is 9.94. The van der Waals surface area contributed by atoms with E-state index in [1.807, 2.05) is 13.8 Å². The van der Waals surface area contributed by atoms with Crippen molar-refractivity contribution in [3.8, 4) is 0 Å². The van der Waals surface area contributed by atoms with Gasteiger partial charge in [0.2, 0.25) is 0 Å². The Morgan fingerprint density at radius 3 is 2.53 bits per heavy atom. The average Bonchev–Trinajstić information content (AvgIpc) is 2.38. The number of aliphatic hydroxyl groups excluding tert-OH is 1. The van der Waals surface area contributed by atoms with Gasteiger partial charge in [0.15, 0.2) is 0 Å². The maximum atomic E-state index is 10.9. The van der Waals surface area contributed by atoms with Crippen LogP contribution in [0.5, 0.6) is 0 Å². The molecule has 1 atom stereocenters. The predicted molar refractivity (Wildman–Crippen MR) is 74.9 cm³/mol. The summed E-state index contributed by atoms with van der Waals surface area (Å²) in [6.07, 6.45) is 1.33. The molecule has 0 aliphatic carbocycles. The Balaban J connectivity index is 3.05. The number of nitro benzene ring substituents is 1. The van der Waals surface area contributed by atoms with Crippen LogP contribution in [0, 0.1) is 10.1 Å². The number of hydrogen-bond acceptors (Lipinski definition) is 6. The Hall–Kier alpha value is -1.86. The van der Waals surface area contributed by atoms with Crippen molar-refractivity contribution in [2.24, 2.45) is 5.84 Å². The number of non-ortho nitro benzene ring substituents is 1. The van der Waals surface area contributed by atoms with Crippen LogP contribution in [0.3, 0.4) is 0 Å². The highest BCUT2D eigenvalue weighted by Crippen LogP contribution is 2.28. The van der Waals surface area contributed by atoms with Crippen LogP contribution in [-0.2, 0) is 0 Å². The Morgan fingerprint density at radius 1 is 1.42 bits per heavy atom. The Bertz CT molecular complexity index is 453. The fourth-order valence-corrected chi connectivity index (χ4v) is 1.79. The van der Waals surface area contributed by atoms with Gasteiger partial charge in [-0.05, 0) is 25.8 Å². The fraction of sp³-hybridized carbons (Fsp3) is 0.500. The fourth-order valence-electron chi connectivity index (χ4n) is 1.79. The molecule has 1 aromatic rings. The molecule has 0 saturated heterocycles. The standard InChI is InChI=1S/C12H20N4O3/c1-3-12(2,4-5-17)14-9-6-10(15-13)8-11(7-9)16(18)19/h6-8,14-15,17H,3-5,13H2,1-2H3. The highest BCUT2D eigenvalue weighted by Gasteiger charge is 2.22. The molecule has 0 radical (unpaired) electrons. The molecule has 0 amide bonds. The van der Waals surface area contributed by atoms with Crippen LogP contribution in [0.1, 0.15) is 26.7 Å². The molecule has 0 heterocycles. The summed E-state index contributed by atoms with van der Waals surface area (Å²) < 4.78 is 0. The summed E-state index contributed by atoms with van der Waals surface area (Å²) in [6.45, 7) is 3.99. The van der Waals surface area contributed by atoms with E-state index < -0.39 is 4.92 Å². The molecule has 0 spiro atoms. The molecule has 0 aliphatic heterocycles. The average molecular weight is 268 g/mol. The quantitative estimate of drug-likeness (QED) is 0.341. The number of rotatable bonds is 7. The Morgan fingerprint density at radius 2 is 2.05 bits per heavy atom. The van der Waals surface area contributed by atoms with Gasteiger partial charge in [-0.3, -0.25) is 16.0 Å². The SMILES string of the molecule is CCC(C)(CCO)Nc1cc(NN)cc([N+](=O)[O-])c1. The van der Waals surface area contributed by atoms with Crippen molar-refractivity contribution in [2.45, 2.75) is 32.2 Å². The third-order valence-electron chi connectivity index (χ3n) is 3.19.